The predicted molar refractivity (Wildman–Crippen MR) is 79.1 cm³/mol. The van der Waals surface area contributed by atoms with Crippen LogP contribution in [0.3, 0.4) is 0 Å². The van der Waals surface area contributed by atoms with E-state index >= 15 is 0 Å². The number of benzene rings is 1. The third kappa shape index (κ3) is 3.02. The molecule has 4 heteroatoms. The molecule has 3 atom stereocenters. The standard InChI is InChI=1S/C16H24N2O2/c1-12-7-6-10-18(14(12)11-17)16(19)15(20-2)13-8-4-3-5-9-13/h3-5,8-9,12,14-15H,6-7,10-11,17H2,1-2H3. The second-order valence-corrected chi connectivity index (χ2v) is 5.48. The molecule has 1 aliphatic rings. The number of nitrogens with zero attached hydrogens (tertiary/aromatic N) is 1. The van der Waals surface area contributed by atoms with Gasteiger partial charge in [-0.2, -0.15) is 0 Å². The average molecular weight is 276 g/mol. The molecule has 2 rings (SSSR count). The first-order valence-electron chi connectivity index (χ1n) is 7.27. The van der Waals surface area contributed by atoms with Crippen LogP contribution < -0.4 is 5.73 Å². The maximum atomic E-state index is 12.8. The predicted octanol–water partition coefficient (Wildman–Crippen LogP) is 1.96. The van der Waals surface area contributed by atoms with Crippen LogP contribution in [0.5, 0.6) is 0 Å². The molecule has 1 amide bonds. The van der Waals surface area contributed by atoms with Gasteiger partial charge in [-0.15, -0.1) is 0 Å². The van der Waals surface area contributed by atoms with E-state index in [2.05, 4.69) is 6.92 Å². The Kier molecular flexibility index (Phi) is 5.15. The zero-order valence-corrected chi connectivity index (χ0v) is 12.3. The van der Waals surface area contributed by atoms with Crippen molar-refractivity contribution in [2.75, 3.05) is 20.2 Å². The van der Waals surface area contributed by atoms with E-state index in [4.69, 9.17) is 10.5 Å². The van der Waals surface area contributed by atoms with Gasteiger partial charge in [0.25, 0.3) is 5.91 Å². The van der Waals surface area contributed by atoms with Gasteiger partial charge in [0.2, 0.25) is 0 Å². The summed E-state index contributed by atoms with van der Waals surface area (Å²) in [6.07, 6.45) is 1.64. The highest BCUT2D eigenvalue weighted by Crippen LogP contribution is 2.27. The first-order chi connectivity index (χ1) is 9.69. The number of carbonyl (C=O) groups excluding carboxylic acids is 1. The van der Waals surface area contributed by atoms with Gasteiger partial charge in [0.05, 0.1) is 0 Å². The van der Waals surface area contributed by atoms with E-state index in [0.29, 0.717) is 12.5 Å². The number of amides is 1. The van der Waals surface area contributed by atoms with Crippen molar-refractivity contribution in [3.8, 4) is 0 Å². The van der Waals surface area contributed by atoms with Gasteiger partial charge >= 0.3 is 0 Å². The van der Waals surface area contributed by atoms with E-state index in [1.54, 1.807) is 7.11 Å². The summed E-state index contributed by atoms with van der Waals surface area (Å²) in [5, 5.41) is 0. The van der Waals surface area contributed by atoms with Crippen molar-refractivity contribution in [3.63, 3.8) is 0 Å². The summed E-state index contributed by atoms with van der Waals surface area (Å²) in [6, 6.07) is 9.76. The third-order valence-corrected chi connectivity index (χ3v) is 4.20. The molecule has 2 N–H and O–H groups in total. The van der Waals surface area contributed by atoms with Crippen LogP contribution in [-0.4, -0.2) is 37.0 Å². The maximum Gasteiger partial charge on any atom is 0.256 e. The molecule has 0 spiro atoms. The van der Waals surface area contributed by atoms with E-state index in [1.165, 1.54) is 0 Å². The monoisotopic (exact) mass is 276 g/mol. The number of rotatable bonds is 4. The molecule has 110 valence electrons. The molecule has 3 unspecified atom stereocenters. The number of hydrogen-bond acceptors (Lipinski definition) is 3. The fourth-order valence-corrected chi connectivity index (χ4v) is 3.04. The van der Waals surface area contributed by atoms with Crippen LogP contribution in [0.25, 0.3) is 0 Å². The van der Waals surface area contributed by atoms with Gasteiger partial charge in [0.1, 0.15) is 0 Å². The number of nitrogens with two attached hydrogens (primary N) is 1. The van der Waals surface area contributed by atoms with Crippen molar-refractivity contribution in [2.24, 2.45) is 11.7 Å². The van der Waals surface area contributed by atoms with E-state index in [0.717, 1.165) is 24.9 Å². The normalized spacial score (nSPS) is 24.4. The summed E-state index contributed by atoms with van der Waals surface area (Å²) < 4.78 is 5.45. The Bertz CT molecular complexity index is 435. The molecule has 4 nitrogen and oxygen atoms in total. The van der Waals surface area contributed by atoms with E-state index in [1.807, 2.05) is 35.2 Å². The van der Waals surface area contributed by atoms with Gasteiger partial charge in [-0.1, -0.05) is 37.3 Å². The van der Waals surface area contributed by atoms with Crippen molar-refractivity contribution in [1.82, 2.24) is 4.90 Å². The molecule has 0 radical (unpaired) electrons. The average Bonchev–Trinajstić information content (AvgIpc) is 2.48. The number of carbonyl (C=O) groups is 1. The molecule has 1 fully saturated rings. The van der Waals surface area contributed by atoms with Gasteiger partial charge in [-0.05, 0) is 24.3 Å². The van der Waals surface area contributed by atoms with Crippen LogP contribution in [-0.2, 0) is 9.53 Å². The van der Waals surface area contributed by atoms with Gasteiger partial charge in [0, 0.05) is 26.2 Å². The first kappa shape index (κ1) is 15.0. The van der Waals surface area contributed by atoms with E-state index in [-0.39, 0.29) is 11.9 Å². The Hall–Kier alpha value is -1.39. The molecular weight excluding hydrogens is 252 g/mol. The summed E-state index contributed by atoms with van der Waals surface area (Å²) in [5.74, 6) is 0.478. The number of piperidine rings is 1. The lowest BCUT2D eigenvalue weighted by Gasteiger charge is -2.40. The van der Waals surface area contributed by atoms with Crippen molar-refractivity contribution >= 4 is 5.91 Å². The van der Waals surface area contributed by atoms with Crippen LogP contribution in [0.1, 0.15) is 31.4 Å². The van der Waals surface area contributed by atoms with Crippen LogP contribution in [0, 0.1) is 5.92 Å². The molecule has 0 saturated carbocycles. The molecule has 1 aromatic carbocycles. The first-order valence-corrected chi connectivity index (χ1v) is 7.27. The Labute approximate surface area is 120 Å². The fourth-order valence-electron chi connectivity index (χ4n) is 3.04. The van der Waals surface area contributed by atoms with Crippen molar-refractivity contribution in [2.45, 2.75) is 31.9 Å². The SMILES string of the molecule is COC(C(=O)N1CCCC(C)C1CN)c1ccccc1. The second-order valence-electron chi connectivity index (χ2n) is 5.48. The molecule has 1 aliphatic heterocycles. The quantitative estimate of drug-likeness (QED) is 0.914. The summed E-state index contributed by atoms with van der Waals surface area (Å²) >= 11 is 0. The Balaban J connectivity index is 2.19. The van der Waals surface area contributed by atoms with E-state index < -0.39 is 6.10 Å². The number of ether oxygens (including phenoxy) is 1. The fraction of sp³-hybridized carbons (Fsp3) is 0.562. The summed E-state index contributed by atoms with van der Waals surface area (Å²) in [7, 11) is 1.58. The molecule has 1 aromatic rings. The lowest BCUT2D eigenvalue weighted by atomic mass is 9.90. The molecule has 0 bridgehead atoms. The smallest absolute Gasteiger partial charge is 0.256 e. The van der Waals surface area contributed by atoms with Gasteiger partial charge < -0.3 is 15.4 Å². The summed E-state index contributed by atoms with van der Waals surface area (Å²) in [6.45, 7) is 3.46. The number of hydrogen-bond donors (Lipinski definition) is 1. The molecule has 0 aliphatic carbocycles. The minimum Gasteiger partial charge on any atom is -0.367 e. The van der Waals surface area contributed by atoms with E-state index in [9.17, 15) is 4.79 Å². The molecule has 1 heterocycles. The Morgan fingerprint density at radius 2 is 2.15 bits per heavy atom. The minimum absolute atomic E-state index is 0.0284. The highest BCUT2D eigenvalue weighted by Gasteiger charge is 2.34. The molecule has 1 saturated heterocycles. The van der Waals surface area contributed by atoms with Crippen molar-refractivity contribution < 1.29 is 9.53 Å². The minimum atomic E-state index is -0.532. The number of methoxy groups -OCH3 is 1. The van der Waals surface area contributed by atoms with Gasteiger partial charge in [0.15, 0.2) is 6.10 Å². The van der Waals surface area contributed by atoms with Gasteiger partial charge in [-0.25, -0.2) is 0 Å². The lowest BCUT2D eigenvalue weighted by Crippen LogP contribution is -2.52. The molecular formula is C16H24N2O2. The topological polar surface area (TPSA) is 55.6 Å². The zero-order valence-electron chi connectivity index (χ0n) is 12.3. The Morgan fingerprint density at radius 1 is 1.45 bits per heavy atom. The van der Waals surface area contributed by atoms with Crippen LogP contribution in [0.2, 0.25) is 0 Å². The van der Waals surface area contributed by atoms with Crippen LogP contribution in [0.4, 0.5) is 0 Å². The molecule has 0 aromatic heterocycles. The third-order valence-electron chi connectivity index (χ3n) is 4.20. The lowest BCUT2D eigenvalue weighted by molar-refractivity contribution is -0.147. The van der Waals surface area contributed by atoms with Crippen molar-refractivity contribution in [3.05, 3.63) is 35.9 Å². The second kappa shape index (κ2) is 6.86. The number of likely N-dealkylation sites (tertiary alicyclic amines) is 1. The maximum absolute atomic E-state index is 12.8. The van der Waals surface area contributed by atoms with Crippen LogP contribution in [0.15, 0.2) is 30.3 Å². The van der Waals surface area contributed by atoms with Gasteiger partial charge in [-0.3, -0.25) is 4.79 Å². The highest BCUT2D eigenvalue weighted by molar-refractivity contribution is 5.82. The van der Waals surface area contributed by atoms with Crippen molar-refractivity contribution in [1.29, 1.82) is 0 Å². The van der Waals surface area contributed by atoms with Crippen LogP contribution >= 0.6 is 0 Å². The summed E-state index contributed by atoms with van der Waals surface area (Å²) in [4.78, 5) is 14.7. The zero-order chi connectivity index (χ0) is 14.5. The highest BCUT2D eigenvalue weighted by atomic mass is 16.5. The summed E-state index contributed by atoms with van der Waals surface area (Å²) in [5.41, 5.74) is 6.76. The largest absolute Gasteiger partial charge is 0.367 e. The Morgan fingerprint density at radius 3 is 2.75 bits per heavy atom. The molecule has 20 heavy (non-hydrogen) atoms.